The lowest BCUT2D eigenvalue weighted by molar-refractivity contribution is -0.130. The van der Waals surface area contributed by atoms with Crippen LogP contribution in [0.5, 0.6) is 11.5 Å². The fraction of sp³-hybridized carbons (Fsp3) is 0.417. The van der Waals surface area contributed by atoms with Crippen LogP contribution in [-0.2, 0) is 9.59 Å². The van der Waals surface area contributed by atoms with E-state index in [4.69, 9.17) is 4.74 Å². The number of hydrogen-bond acceptors (Lipinski definition) is 3. The van der Waals surface area contributed by atoms with Crippen LogP contribution in [0.4, 0.5) is 5.69 Å². The van der Waals surface area contributed by atoms with Crippen molar-refractivity contribution in [3.05, 3.63) is 54.6 Å². The van der Waals surface area contributed by atoms with Crippen LogP contribution in [0.25, 0.3) is 0 Å². The molecule has 1 atom stereocenters. The number of rotatable bonds is 5. The van der Waals surface area contributed by atoms with E-state index in [1.165, 1.54) is 25.7 Å². The maximum absolute atomic E-state index is 12.7. The largest absolute Gasteiger partial charge is 0.457 e. The first-order valence-electron chi connectivity index (χ1n) is 10.6. The van der Waals surface area contributed by atoms with Crippen LogP contribution in [0.1, 0.15) is 44.9 Å². The normalized spacial score (nSPS) is 20.3. The van der Waals surface area contributed by atoms with Crippen LogP contribution in [0.2, 0.25) is 0 Å². The van der Waals surface area contributed by atoms with Crippen LogP contribution in [0.3, 0.4) is 0 Å². The first-order valence-corrected chi connectivity index (χ1v) is 10.6. The summed E-state index contributed by atoms with van der Waals surface area (Å²) in [6, 6.07) is 17.2. The third-order valence-corrected chi connectivity index (χ3v) is 5.90. The number of nitrogens with one attached hydrogen (secondary N) is 1. The highest BCUT2D eigenvalue weighted by Crippen LogP contribution is 2.29. The molecule has 4 rings (SSSR count). The predicted octanol–water partition coefficient (Wildman–Crippen LogP) is 4.99. The number of benzene rings is 2. The van der Waals surface area contributed by atoms with Crippen molar-refractivity contribution in [2.75, 3.05) is 11.9 Å². The Morgan fingerprint density at radius 3 is 2.24 bits per heavy atom. The van der Waals surface area contributed by atoms with Gasteiger partial charge in [0, 0.05) is 24.7 Å². The maximum atomic E-state index is 12.7. The van der Waals surface area contributed by atoms with E-state index >= 15 is 0 Å². The Labute approximate surface area is 172 Å². The number of likely N-dealkylation sites (tertiary alicyclic amines) is 1. The summed E-state index contributed by atoms with van der Waals surface area (Å²) >= 11 is 0. The summed E-state index contributed by atoms with van der Waals surface area (Å²) in [5.74, 6) is 1.26. The van der Waals surface area contributed by atoms with Gasteiger partial charge in [0.1, 0.15) is 11.5 Å². The van der Waals surface area contributed by atoms with Gasteiger partial charge in [0.15, 0.2) is 0 Å². The smallest absolute Gasteiger partial charge is 0.229 e. The van der Waals surface area contributed by atoms with Crippen LogP contribution in [0.15, 0.2) is 54.6 Å². The second-order valence-electron chi connectivity index (χ2n) is 8.02. The van der Waals surface area contributed by atoms with Gasteiger partial charge in [0.25, 0.3) is 0 Å². The molecule has 1 aliphatic carbocycles. The molecular formula is C24H28N2O3. The second kappa shape index (κ2) is 9.12. The van der Waals surface area contributed by atoms with Gasteiger partial charge in [-0.15, -0.1) is 0 Å². The molecule has 1 heterocycles. The molecule has 0 radical (unpaired) electrons. The van der Waals surface area contributed by atoms with Gasteiger partial charge in [-0.25, -0.2) is 0 Å². The van der Waals surface area contributed by atoms with Crippen LogP contribution < -0.4 is 10.1 Å². The van der Waals surface area contributed by atoms with Crippen molar-refractivity contribution in [1.29, 1.82) is 0 Å². The first kappa shape index (κ1) is 19.5. The molecule has 2 aromatic rings. The van der Waals surface area contributed by atoms with E-state index < -0.39 is 0 Å². The zero-order chi connectivity index (χ0) is 20.1. The fourth-order valence-electron chi connectivity index (χ4n) is 4.30. The molecule has 1 unspecified atom stereocenters. The molecule has 29 heavy (non-hydrogen) atoms. The molecule has 2 fully saturated rings. The van der Waals surface area contributed by atoms with Crippen molar-refractivity contribution < 1.29 is 14.3 Å². The van der Waals surface area contributed by atoms with Gasteiger partial charge in [-0.2, -0.15) is 0 Å². The molecule has 152 valence electrons. The van der Waals surface area contributed by atoms with Gasteiger partial charge >= 0.3 is 0 Å². The highest BCUT2D eigenvalue weighted by Gasteiger charge is 2.37. The molecule has 0 spiro atoms. The number of carbonyl (C=O) groups is 2. The van der Waals surface area contributed by atoms with E-state index in [9.17, 15) is 9.59 Å². The van der Waals surface area contributed by atoms with Gasteiger partial charge in [-0.3, -0.25) is 9.59 Å². The molecule has 0 aromatic heterocycles. The van der Waals surface area contributed by atoms with Gasteiger partial charge in [0.2, 0.25) is 11.8 Å². The minimum absolute atomic E-state index is 0.0776. The van der Waals surface area contributed by atoms with Crippen molar-refractivity contribution in [3.63, 3.8) is 0 Å². The summed E-state index contributed by atoms with van der Waals surface area (Å²) in [6.07, 6.45) is 7.34. The Morgan fingerprint density at radius 1 is 0.897 bits per heavy atom. The van der Waals surface area contributed by atoms with Crippen molar-refractivity contribution >= 4 is 17.5 Å². The minimum Gasteiger partial charge on any atom is -0.457 e. The number of hydrogen-bond donors (Lipinski definition) is 1. The topological polar surface area (TPSA) is 58.6 Å². The fourth-order valence-corrected chi connectivity index (χ4v) is 4.30. The van der Waals surface area contributed by atoms with Crippen molar-refractivity contribution in [2.24, 2.45) is 5.92 Å². The third-order valence-electron chi connectivity index (χ3n) is 5.90. The third kappa shape index (κ3) is 4.97. The molecule has 0 bridgehead atoms. The SMILES string of the molecule is O=C(Nc1ccc(Oc2ccccc2)cc1)C1CC(=O)N(C2CCCCCC2)C1. The van der Waals surface area contributed by atoms with E-state index in [1.807, 2.05) is 59.5 Å². The molecule has 1 saturated carbocycles. The summed E-state index contributed by atoms with van der Waals surface area (Å²) in [6.45, 7) is 0.546. The Morgan fingerprint density at radius 2 is 1.55 bits per heavy atom. The second-order valence-corrected chi connectivity index (χ2v) is 8.02. The Hall–Kier alpha value is -2.82. The van der Waals surface area contributed by atoms with E-state index in [0.717, 1.165) is 24.3 Å². The predicted molar refractivity (Wildman–Crippen MR) is 113 cm³/mol. The first-order chi connectivity index (χ1) is 14.2. The van der Waals surface area contributed by atoms with Crippen LogP contribution >= 0.6 is 0 Å². The van der Waals surface area contributed by atoms with Crippen molar-refractivity contribution in [3.8, 4) is 11.5 Å². The molecule has 1 N–H and O–H groups in total. The Kier molecular flexibility index (Phi) is 6.13. The zero-order valence-corrected chi connectivity index (χ0v) is 16.7. The highest BCUT2D eigenvalue weighted by molar-refractivity contribution is 5.97. The average molecular weight is 392 g/mol. The molecule has 2 amide bonds. The minimum atomic E-state index is -0.272. The monoisotopic (exact) mass is 392 g/mol. The van der Waals surface area contributed by atoms with E-state index in [2.05, 4.69) is 5.32 Å². The molecule has 5 nitrogen and oxygen atoms in total. The van der Waals surface area contributed by atoms with E-state index in [1.54, 1.807) is 0 Å². The van der Waals surface area contributed by atoms with E-state index in [-0.39, 0.29) is 17.7 Å². The Balaban J connectivity index is 1.32. The van der Waals surface area contributed by atoms with E-state index in [0.29, 0.717) is 24.8 Å². The van der Waals surface area contributed by atoms with Gasteiger partial charge in [-0.1, -0.05) is 43.9 Å². The standard InChI is InChI=1S/C24H28N2O3/c27-23-16-18(17-26(23)20-8-4-1-2-5-9-20)24(28)25-19-12-14-22(15-13-19)29-21-10-6-3-7-11-21/h3,6-7,10-15,18,20H,1-2,4-5,8-9,16-17H2,(H,25,28). The number of anilines is 1. The number of amides is 2. The number of nitrogens with zero attached hydrogens (tertiary/aromatic N) is 1. The molecule has 2 aliphatic rings. The van der Waals surface area contributed by atoms with Gasteiger partial charge in [-0.05, 0) is 49.2 Å². The summed E-state index contributed by atoms with van der Waals surface area (Å²) in [5, 5.41) is 2.96. The zero-order valence-electron chi connectivity index (χ0n) is 16.7. The Bertz CT molecular complexity index is 827. The molecular weight excluding hydrogens is 364 g/mol. The van der Waals surface area contributed by atoms with Crippen LogP contribution in [-0.4, -0.2) is 29.3 Å². The van der Waals surface area contributed by atoms with Crippen LogP contribution in [0, 0.1) is 5.92 Å². The summed E-state index contributed by atoms with van der Waals surface area (Å²) < 4.78 is 5.78. The lowest BCUT2D eigenvalue weighted by atomic mass is 10.1. The summed E-state index contributed by atoms with van der Waals surface area (Å²) in [5.41, 5.74) is 0.718. The number of para-hydroxylation sites is 1. The summed E-state index contributed by atoms with van der Waals surface area (Å²) in [7, 11) is 0. The highest BCUT2D eigenvalue weighted by atomic mass is 16.5. The van der Waals surface area contributed by atoms with Crippen molar-refractivity contribution in [2.45, 2.75) is 51.0 Å². The lowest BCUT2D eigenvalue weighted by Gasteiger charge is -2.27. The van der Waals surface area contributed by atoms with Gasteiger partial charge < -0.3 is 15.0 Å². The van der Waals surface area contributed by atoms with Crippen molar-refractivity contribution in [1.82, 2.24) is 4.90 Å². The lowest BCUT2D eigenvalue weighted by Crippen LogP contribution is -2.37. The maximum Gasteiger partial charge on any atom is 0.229 e. The molecule has 1 saturated heterocycles. The molecule has 1 aliphatic heterocycles. The number of ether oxygens (including phenoxy) is 1. The van der Waals surface area contributed by atoms with Gasteiger partial charge in [0.05, 0.1) is 5.92 Å². The summed E-state index contributed by atoms with van der Waals surface area (Å²) in [4.78, 5) is 27.2. The molecule has 2 aromatic carbocycles. The number of carbonyl (C=O) groups excluding carboxylic acids is 2. The average Bonchev–Trinajstić information content (AvgIpc) is 2.94. The quantitative estimate of drug-likeness (QED) is 0.730. The molecule has 5 heteroatoms.